The van der Waals surface area contributed by atoms with Crippen LogP contribution in [0.2, 0.25) is 0 Å². The third-order valence-electron chi connectivity index (χ3n) is 5.44. The van der Waals surface area contributed by atoms with E-state index in [1.807, 2.05) is 19.3 Å². The van der Waals surface area contributed by atoms with Gasteiger partial charge in [-0.2, -0.15) is 10.2 Å². The van der Waals surface area contributed by atoms with Gasteiger partial charge in [-0.25, -0.2) is 17.5 Å². The highest BCUT2D eigenvalue weighted by Crippen LogP contribution is 2.24. The zero-order chi connectivity index (χ0) is 20.6. The van der Waals surface area contributed by atoms with Crippen molar-refractivity contribution in [1.29, 1.82) is 0 Å². The lowest BCUT2D eigenvalue weighted by molar-refractivity contribution is 0.498. The first-order chi connectivity index (χ1) is 13.8. The van der Waals surface area contributed by atoms with Gasteiger partial charge in [0.1, 0.15) is 5.82 Å². The fourth-order valence-electron chi connectivity index (χ4n) is 3.72. The van der Waals surface area contributed by atoms with Gasteiger partial charge in [0, 0.05) is 35.6 Å². The number of sulfone groups is 1. The van der Waals surface area contributed by atoms with Crippen molar-refractivity contribution in [2.75, 3.05) is 11.5 Å². The van der Waals surface area contributed by atoms with Crippen molar-refractivity contribution in [3.63, 3.8) is 0 Å². The summed E-state index contributed by atoms with van der Waals surface area (Å²) in [4.78, 5) is 0. The lowest BCUT2D eigenvalue weighted by atomic mass is 10.1. The number of hydrogen-bond acceptors (Lipinski definition) is 5. The Bertz CT molecular complexity index is 1100. The summed E-state index contributed by atoms with van der Waals surface area (Å²) in [7, 11) is -2.93. The number of nitrogens with zero attached hydrogens (tertiary/aromatic N) is 4. The maximum Gasteiger partial charge on any atom is 0.152 e. The van der Waals surface area contributed by atoms with Crippen LogP contribution in [0.4, 0.5) is 4.39 Å². The topological polar surface area (TPSA) is 81.8 Å². The zero-order valence-corrected chi connectivity index (χ0v) is 17.2. The van der Waals surface area contributed by atoms with Crippen molar-refractivity contribution in [3.8, 4) is 5.69 Å². The molecule has 1 saturated heterocycles. The molecule has 1 fully saturated rings. The normalized spacial score (nSPS) is 19.5. The average molecular weight is 418 g/mol. The molecule has 9 heteroatoms. The number of benzene rings is 1. The van der Waals surface area contributed by atoms with Crippen LogP contribution in [0.15, 0.2) is 42.9 Å². The summed E-state index contributed by atoms with van der Waals surface area (Å²) >= 11 is 0. The van der Waals surface area contributed by atoms with Crippen molar-refractivity contribution in [1.82, 2.24) is 24.9 Å². The summed E-state index contributed by atoms with van der Waals surface area (Å²) in [5, 5.41) is 12.3. The van der Waals surface area contributed by atoms with E-state index < -0.39 is 9.84 Å². The van der Waals surface area contributed by atoms with Crippen molar-refractivity contribution >= 4 is 9.84 Å². The Balaban J connectivity index is 1.40. The van der Waals surface area contributed by atoms with E-state index >= 15 is 0 Å². The van der Waals surface area contributed by atoms with Gasteiger partial charge in [0.05, 0.1) is 35.6 Å². The molecule has 4 rings (SSSR count). The van der Waals surface area contributed by atoms with Gasteiger partial charge in [-0.05, 0) is 44.5 Å². The Labute approximate surface area is 169 Å². The van der Waals surface area contributed by atoms with Crippen LogP contribution in [-0.4, -0.2) is 39.5 Å². The van der Waals surface area contributed by atoms with E-state index in [1.54, 1.807) is 27.7 Å². The highest BCUT2D eigenvalue weighted by atomic mass is 32.2. The quantitative estimate of drug-likeness (QED) is 0.667. The van der Waals surface area contributed by atoms with E-state index in [9.17, 15) is 12.8 Å². The molecule has 0 spiro atoms. The Hall–Kier alpha value is -2.52. The van der Waals surface area contributed by atoms with Crippen LogP contribution in [-0.2, 0) is 16.4 Å². The molecule has 1 aliphatic heterocycles. The monoisotopic (exact) mass is 417 g/mol. The summed E-state index contributed by atoms with van der Waals surface area (Å²) in [6, 6.07) is 6.24. The third kappa shape index (κ3) is 4.25. The van der Waals surface area contributed by atoms with Gasteiger partial charge in [0.2, 0.25) is 0 Å². The largest absolute Gasteiger partial charge is 0.306 e. The van der Waals surface area contributed by atoms with Crippen LogP contribution >= 0.6 is 0 Å². The number of rotatable bonds is 6. The fraction of sp³-hybridized carbons (Fsp3) is 0.400. The predicted octanol–water partition coefficient (Wildman–Crippen LogP) is 2.73. The summed E-state index contributed by atoms with van der Waals surface area (Å²) < 4.78 is 40.1. The SMILES string of the molecule is Cc1c(C(C)NCc2cnn(C3CCS(=O)(=O)C3)c2)cnn1-c1ccc(F)cc1. The molecule has 2 atom stereocenters. The first-order valence-corrected chi connectivity index (χ1v) is 11.4. The standard InChI is InChI=1S/C20H24FN5O2S/c1-14(20-11-24-26(15(20)2)18-5-3-17(21)4-6-18)22-9-16-10-23-25(12-16)19-7-8-29(27,28)13-19/h3-6,10-12,14,19,22H,7-9,13H2,1-2H3. The molecule has 1 N–H and O–H groups in total. The van der Waals surface area contributed by atoms with Crippen molar-refractivity contribution in [2.45, 2.75) is 38.9 Å². The summed E-state index contributed by atoms with van der Waals surface area (Å²) in [5.41, 5.74) is 3.87. The molecule has 1 aromatic carbocycles. The first-order valence-electron chi connectivity index (χ1n) is 9.60. The van der Waals surface area contributed by atoms with Crippen LogP contribution in [0.5, 0.6) is 0 Å². The molecule has 154 valence electrons. The Morgan fingerprint density at radius 2 is 2.00 bits per heavy atom. The average Bonchev–Trinajstić information content (AvgIpc) is 3.39. The molecule has 1 aliphatic rings. The van der Waals surface area contributed by atoms with Crippen molar-refractivity contribution in [2.24, 2.45) is 0 Å². The number of halogens is 1. The van der Waals surface area contributed by atoms with E-state index in [4.69, 9.17) is 0 Å². The summed E-state index contributed by atoms with van der Waals surface area (Å²) in [6.07, 6.45) is 6.14. The maximum absolute atomic E-state index is 13.2. The van der Waals surface area contributed by atoms with E-state index in [2.05, 4.69) is 22.4 Å². The summed E-state index contributed by atoms with van der Waals surface area (Å²) in [6.45, 7) is 4.66. The molecule has 0 bridgehead atoms. The smallest absolute Gasteiger partial charge is 0.152 e. The second-order valence-corrected chi connectivity index (χ2v) is 9.79. The number of hydrogen-bond donors (Lipinski definition) is 1. The van der Waals surface area contributed by atoms with Gasteiger partial charge in [-0.1, -0.05) is 0 Å². The second-order valence-electron chi connectivity index (χ2n) is 7.56. The Morgan fingerprint density at radius 3 is 2.69 bits per heavy atom. The molecule has 2 unspecified atom stereocenters. The maximum atomic E-state index is 13.2. The molecule has 0 radical (unpaired) electrons. The Morgan fingerprint density at radius 1 is 1.24 bits per heavy atom. The molecule has 0 amide bonds. The molecule has 2 aromatic heterocycles. The van der Waals surface area contributed by atoms with E-state index in [-0.39, 0.29) is 29.4 Å². The minimum Gasteiger partial charge on any atom is -0.306 e. The molecule has 7 nitrogen and oxygen atoms in total. The molecule has 29 heavy (non-hydrogen) atoms. The lowest BCUT2D eigenvalue weighted by Crippen LogP contribution is -2.18. The highest BCUT2D eigenvalue weighted by molar-refractivity contribution is 7.91. The molecular weight excluding hydrogens is 393 g/mol. The lowest BCUT2D eigenvalue weighted by Gasteiger charge is -2.13. The molecule has 3 aromatic rings. The predicted molar refractivity (Wildman–Crippen MR) is 108 cm³/mol. The van der Waals surface area contributed by atoms with Gasteiger partial charge in [0.15, 0.2) is 9.84 Å². The molecule has 0 saturated carbocycles. The molecular formula is C20H24FN5O2S. The van der Waals surface area contributed by atoms with Crippen molar-refractivity contribution < 1.29 is 12.8 Å². The van der Waals surface area contributed by atoms with Crippen LogP contribution in [0.3, 0.4) is 0 Å². The van der Waals surface area contributed by atoms with Gasteiger partial charge >= 0.3 is 0 Å². The summed E-state index contributed by atoms with van der Waals surface area (Å²) in [5.74, 6) is 0.128. The third-order valence-corrected chi connectivity index (χ3v) is 7.19. The van der Waals surface area contributed by atoms with Crippen LogP contribution in [0.1, 0.15) is 42.2 Å². The van der Waals surface area contributed by atoms with Gasteiger partial charge < -0.3 is 5.32 Å². The first kappa shape index (κ1) is 19.8. The van der Waals surface area contributed by atoms with Gasteiger partial charge in [-0.15, -0.1) is 0 Å². The van der Waals surface area contributed by atoms with Crippen molar-refractivity contribution in [3.05, 3.63) is 65.5 Å². The molecule has 0 aliphatic carbocycles. The Kier molecular flexibility index (Phi) is 5.26. The highest BCUT2D eigenvalue weighted by Gasteiger charge is 2.29. The number of aromatic nitrogens is 4. The van der Waals surface area contributed by atoms with Crippen LogP contribution < -0.4 is 5.32 Å². The minimum atomic E-state index is -2.93. The minimum absolute atomic E-state index is 0.0550. The van der Waals surface area contributed by atoms with E-state index in [0.717, 1.165) is 22.5 Å². The van der Waals surface area contributed by atoms with Gasteiger partial charge in [-0.3, -0.25) is 4.68 Å². The fourth-order valence-corrected chi connectivity index (χ4v) is 5.43. The molecule has 3 heterocycles. The van der Waals surface area contributed by atoms with E-state index in [0.29, 0.717) is 13.0 Å². The van der Waals surface area contributed by atoms with Crippen LogP contribution in [0.25, 0.3) is 5.69 Å². The van der Waals surface area contributed by atoms with Crippen LogP contribution in [0, 0.1) is 12.7 Å². The van der Waals surface area contributed by atoms with E-state index in [1.165, 1.54) is 12.1 Å². The zero-order valence-electron chi connectivity index (χ0n) is 16.4. The van der Waals surface area contributed by atoms with Gasteiger partial charge in [0.25, 0.3) is 0 Å². The second kappa shape index (κ2) is 7.72. The number of nitrogens with one attached hydrogen (secondary N) is 1.